The van der Waals surface area contributed by atoms with Gasteiger partial charge in [-0.3, -0.25) is 14.5 Å². The average Bonchev–Trinajstić information content (AvgIpc) is 3.43. The van der Waals surface area contributed by atoms with Crippen LogP contribution in [0.1, 0.15) is 48.4 Å². The molecule has 0 spiro atoms. The summed E-state index contributed by atoms with van der Waals surface area (Å²) in [5.74, 6) is 0.788. The minimum Gasteiger partial charge on any atom is -0.339 e. The fourth-order valence-corrected chi connectivity index (χ4v) is 4.40. The molecule has 2 saturated heterocycles. The first kappa shape index (κ1) is 18.5. The van der Waals surface area contributed by atoms with Crippen molar-refractivity contribution in [2.24, 2.45) is 5.92 Å². The molecule has 1 atom stereocenters. The highest BCUT2D eigenvalue weighted by Crippen LogP contribution is 2.33. The summed E-state index contributed by atoms with van der Waals surface area (Å²) in [7, 11) is 0. The van der Waals surface area contributed by atoms with E-state index in [1.54, 1.807) is 0 Å². The molecule has 1 aromatic rings. The maximum absolute atomic E-state index is 12.9. The van der Waals surface area contributed by atoms with Gasteiger partial charge in [0.25, 0.3) is 0 Å². The molecule has 1 aromatic carbocycles. The van der Waals surface area contributed by atoms with Gasteiger partial charge in [0.2, 0.25) is 11.8 Å². The first-order valence-corrected chi connectivity index (χ1v) is 10.4. The fraction of sp³-hybridized carbons (Fsp3) is 0.636. The normalized spacial score (nSPS) is 23.7. The van der Waals surface area contributed by atoms with E-state index in [2.05, 4.69) is 36.9 Å². The zero-order chi connectivity index (χ0) is 19.0. The summed E-state index contributed by atoms with van der Waals surface area (Å²) in [6, 6.07) is 7.05. The van der Waals surface area contributed by atoms with Crippen molar-refractivity contribution in [2.45, 2.75) is 45.6 Å². The van der Waals surface area contributed by atoms with Crippen molar-refractivity contribution in [3.63, 3.8) is 0 Å². The van der Waals surface area contributed by atoms with E-state index in [0.717, 1.165) is 32.2 Å². The molecule has 0 N–H and O–H groups in total. The van der Waals surface area contributed by atoms with Crippen LogP contribution in [0.25, 0.3) is 0 Å². The first-order chi connectivity index (χ1) is 13.0. The number of piperazine rings is 1. The molecular formula is C22H31N3O2. The molecule has 3 aliphatic rings. The van der Waals surface area contributed by atoms with Gasteiger partial charge in [0.15, 0.2) is 0 Å². The molecule has 4 rings (SSSR count). The molecule has 5 nitrogen and oxygen atoms in total. The fourth-order valence-electron chi connectivity index (χ4n) is 4.40. The lowest BCUT2D eigenvalue weighted by atomic mass is 9.99. The Morgan fingerprint density at radius 3 is 2.30 bits per heavy atom. The molecule has 1 unspecified atom stereocenters. The van der Waals surface area contributed by atoms with Gasteiger partial charge in [-0.25, -0.2) is 0 Å². The zero-order valence-electron chi connectivity index (χ0n) is 16.6. The van der Waals surface area contributed by atoms with E-state index in [4.69, 9.17) is 0 Å². The van der Waals surface area contributed by atoms with Crippen molar-refractivity contribution in [1.82, 2.24) is 14.7 Å². The van der Waals surface area contributed by atoms with E-state index in [1.165, 1.54) is 16.7 Å². The van der Waals surface area contributed by atoms with Crippen LogP contribution in [-0.2, 0) is 9.59 Å². The Kier molecular flexibility index (Phi) is 5.22. The molecule has 0 radical (unpaired) electrons. The third-order valence-electron chi connectivity index (χ3n) is 6.49. The number of rotatable bonds is 4. The van der Waals surface area contributed by atoms with Crippen LogP contribution in [-0.4, -0.2) is 65.8 Å². The SMILES string of the molecule is Cc1ccc(C2CCCN2CC(=O)N2CCN(C(=O)C3CC3)CC2)cc1C. The molecular weight excluding hydrogens is 338 g/mol. The second kappa shape index (κ2) is 7.63. The highest BCUT2D eigenvalue weighted by Gasteiger charge is 2.36. The van der Waals surface area contributed by atoms with Crippen LogP contribution in [0.2, 0.25) is 0 Å². The molecule has 1 aliphatic carbocycles. The summed E-state index contributed by atoms with van der Waals surface area (Å²) in [6.45, 7) is 8.54. The van der Waals surface area contributed by atoms with Crippen LogP contribution in [0, 0.1) is 19.8 Å². The molecule has 2 amide bonds. The van der Waals surface area contributed by atoms with Crippen LogP contribution in [0.4, 0.5) is 0 Å². The van der Waals surface area contributed by atoms with Crippen LogP contribution in [0.15, 0.2) is 18.2 Å². The number of likely N-dealkylation sites (tertiary alicyclic amines) is 1. The number of benzene rings is 1. The van der Waals surface area contributed by atoms with Crippen molar-refractivity contribution >= 4 is 11.8 Å². The zero-order valence-corrected chi connectivity index (χ0v) is 16.6. The van der Waals surface area contributed by atoms with Crippen molar-refractivity contribution < 1.29 is 9.59 Å². The topological polar surface area (TPSA) is 43.9 Å². The van der Waals surface area contributed by atoms with Gasteiger partial charge in [-0.2, -0.15) is 0 Å². The number of hydrogen-bond donors (Lipinski definition) is 0. The third-order valence-corrected chi connectivity index (χ3v) is 6.49. The van der Waals surface area contributed by atoms with E-state index in [-0.39, 0.29) is 11.8 Å². The van der Waals surface area contributed by atoms with Crippen molar-refractivity contribution in [3.8, 4) is 0 Å². The monoisotopic (exact) mass is 369 g/mol. The number of carbonyl (C=O) groups excluding carboxylic acids is 2. The largest absolute Gasteiger partial charge is 0.339 e. The number of aryl methyl sites for hydroxylation is 2. The number of amides is 2. The summed E-state index contributed by atoms with van der Waals surface area (Å²) in [6.07, 6.45) is 4.37. The molecule has 3 fully saturated rings. The highest BCUT2D eigenvalue weighted by atomic mass is 16.2. The molecule has 0 bridgehead atoms. The van der Waals surface area contributed by atoms with Gasteiger partial charge in [-0.1, -0.05) is 18.2 Å². The van der Waals surface area contributed by atoms with Gasteiger partial charge in [0, 0.05) is 38.1 Å². The molecule has 5 heteroatoms. The van der Waals surface area contributed by atoms with Gasteiger partial charge in [-0.05, 0) is 62.8 Å². The van der Waals surface area contributed by atoms with Gasteiger partial charge in [0.1, 0.15) is 0 Å². The average molecular weight is 370 g/mol. The second-order valence-electron chi connectivity index (χ2n) is 8.45. The Balaban J connectivity index is 1.33. The van der Waals surface area contributed by atoms with Crippen LogP contribution >= 0.6 is 0 Å². The van der Waals surface area contributed by atoms with Crippen LogP contribution in [0.3, 0.4) is 0 Å². The third kappa shape index (κ3) is 4.03. The molecule has 0 aromatic heterocycles. The van der Waals surface area contributed by atoms with Crippen molar-refractivity contribution in [2.75, 3.05) is 39.3 Å². The Morgan fingerprint density at radius 2 is 1.63 bits per heavy atom. The van der Waals surface area contributed by atoms with E-state index in [1.807, 2.05) is 9.80 Å². The van der Waals surface area contributed by atoms with Gasteiger partial charge in [-0.15, -0.1) is 0 Å². The lowest BCUT2D eigenvalue weighted by Crippen LogP contribution is -2.52. The number of carbonyl (C=O) groups is 2. The van der Waals surface area contributed by atoms with E-state index < -0.39 is 0 Å². The minimum absolute atomic E-state index is 0.212. The highest BCUT2D eigenvalue weighted by molar-refractivity contribution is 5.82. The minimum atomic E-state index is 0.212. The Hall–Kier alpha value is -1.88. The lowest BCUT2D eigenvalue weighted by molar-refractivity contribution is -0.141. The van der Waals surface area contributed by atoms with Gasteiger partial charge in [0.05, 0.1) is 6.54 Å². The van der Waals surface area contributed by atoms with E-state index in [0.29, 0.717) is 44.7 Å². The molecule has 146 valence electrons. The molecule has 1 saturated carbocycles. The molecule has 27 heavy (non-hydrogen) atoms. The summed E-state index contributed by atoms with van der Waals surface area (Å²) < 4.78 is 0. The predicted molar refractivity (Wildman–Crippen MR) is 105 cm³/mol. The predicted octanol–water partition coefficient (Wildman–Crippen LogP) is 2.52. The molecule has 2 aliphatic heterocycles. The summed E-state index contributed by atoms with van der Waals surface area (Å²) in [5.41, 5.74) is 3.98. The van der Waals surface area contributed by atoms with Gasteiger partial charge < -0.3 is 9.80 Å². The summed E-state index contributed by atoms with van der Waals surface area (Å²) in [4.78, 5) is 31.3. The van der Waals surface area contributed by atoms with E-state index >= 15 is 0 Å². The Labute approximate surface area is 162 Å². The summed E-state index contributed by atoms with van der Waals surface area (Å²) >= 11 is 0. The Bertz CT molecular complexity index is 720. The smallest absolute Gasteiger partial charge is 0.236 e. The van der Waals surface area contributed by atoms with E-state index in [9.17, 15) is 9.59 Å². The summed E-state index contributed by atoms with van der Waals surface area (Å²) in [5, 5.41) is 0. The standard InChI is InChI=1S/C22H31N3O2/c1-16-5-6-19(14-17(16)2)20-4-3-9-25(20)15-21(26)23-10-12-24(13-11-23)22(27)18-7-8-18/h5-6,14,18,20H,3-4,7-13,15H2,1-2H3. The van der Waals surface area contributed by atoms with Crippen molar-refractivity contribution in [1.29, 1.82) is 0 Å². The number of nitrogens with zero attached hydrogens (tertiary/aromatic N) is 3. The first-order valence-electron chi connectivity index (χ1n) is 10.4. The lowest BCUT2D eigenvalue weighted by Gasteiger charge is -2.36. The van der Waals surface area contributed by atoms with Gasteiger partial charge >= 0.3 is 0 Å². The quantitative estimate of drug-likeness (QED) is 0.819. The molecule has 2 heterocycles. The van der Waals surface area contributed by atoms with Crippen LogP contribution in [0.5, 0.6) is 0 Å². The maximum atomic E-state index is 12.9. The number of hydrogen-bond acceptors (Lipinski definition) is 3. The van der Waals surface area contributed by atoms with Crippen molar-refractivity contribution in [3.05, 3.63) is 34.9 Å². The maximum Gasteiger partial charge on any atom is 0.236 e. The Morgan fingerprint density at radius 1 is 0.926 bits per heavy atom. The van der Waals surface area contributed by atoms with Crippen LogP contribution < -0.4 is 0 Å². The second-order valence-corrected chi connectivity index (χ2v) is 8.45.